The number of hydrogen-bond acceptors (Lipinski definition) is 6. The van der Waals surface area contributed by atoms with Crippen LogP contribution in [0.1, 0.15) is 41.9 Å². The van der Waals surface area contributed by atoms with E-state index < -0.39 is 0 Å². The molecule has 0 spiro atoms. The van der Waals surface area contributed by atoms with Crippen molar-refractivity contribution in [2.45, 2.75) is 39.8 Å². The minimum Gasteiger partial charge on any atom is -0.467 e. The van der Waals surface area contributed by atoms with Crippen molar-refractivity contribution in [1.29, 1.82) is 0 Å². The highest BCUT2D eigenvalue weighted by molar-refractivity contribution is 6.01. The molecule has 0 saturated heterocycles. The van der Waals surface area contributed by atoms with Gasteiger partial charge in [-0.25, -0.2) is 9.97 Å². The van der Waals surface area contributed by atoms with Crippen molar-refractivity contribution in [3.63, 3.8) is 0 Å². The van der Waals surface area contributed by atoms with E-state index in [2.05, 4.69) is 20.6 Å². The minimum absolute atomic E-state index is 0.0933. The predicted molar refractivity (Wildman–Crippen MR) is 115 cm³/mol. The number of nitrogens with one attached hydrogen (secondary N) is 2. The van der Waals surface area contributed by atoms with E-state index in [0.717, 1.165) is 12.0 Å². The minimum atomic E-state index is -0.347. The largest absolute Gasteiger partial charge is 0.467 e. The van der Waals surface area contributed by atoms with E-state index in [1.807, 2.05) is 26.8 Å². The number of nitrogens with zero attached hydrogens (tertiary/aromatic N) is 3. The normalized spacial score (nSPS) is 12.2. The number of pyridine rings is 2. The van der Waals surface area contributed by atoms with Gasteiger partial charge >= 0.3 is 0 Å². The summed E-state index contributed by atoms with van der Waals surface area (Å²) in [4.78, 5) is 35.1. The van der Waals surface area contributed by atoms with E-state index in [-0.39, 0.29) is 29.4 Å². The van der Waals surface area contributed by atoms with E-state index in [1.54, 1.807) is 36.7 Å². The lowest BCUT2D eigenvalue weighted by atomic mass is 10.1. The number of carbonyl (C=O) groups excluding carboxylic acids is 1. The Morgan fingerprint density at radius 1 is 1.27 bits per heavy atom. The molecule has 0 aliphatic heterocycles. The third-order valence-corrected chi connectivity index (χ3v) is 4.99. The summed E-state index contributed by atoms with van der Waals surface area (Å²) in [6.45, 7) is 6.18. The number of furan rings is 1. The molecule has 0 saturated carbocycles. The Morgan fingerprint density at radius 2 is 2.10 bits per heavy atom. The molecule has 1 amide bonds. The standard InChI is InChI=1S/C22H23N5O3/c1-4-14(3)24-19-16(21(28)23-11-15-6-5-9-30-15)10-17-20(26-19)25-18-8-7-13(2)12-27(18)22(17)29/h5-10,12,14H,4,11H2,1-3H3,(H,23,28)(H,24,26). The van der Waals surface area contributed by atoms with Gasteiger partial charge in [-0.3, -0.25) is 14.0 Å². The van der Waals surface area contributed by atoms with Crippen LogP contribution in [0.2, 0.25) is 0 Å². The number of carbonyl (C=O) groups is 1. The van der Waals surface area contributed by atoms with E-state index in [0.29, 0.717) is 28.4 Å². The Balaban J connectivity index is 1.83. The zero-order chi connectivity index (χ0) is 21.3. The second kappa shape index (κ2) is 7.98. The van der Waals surface area contributed by atoms with Gasteiger partial charge in [0.25, 0.3) is 11.5 Å². The van der Waals surface area contributed by atoms with Crippen LogP contribution in [0.15, 0.2) is 52.0 Å². The van der Waals surface area contributed by atoms with Crippen LogP contribution in [-0.2, 0) is 6.54 Å². The summed E-state index contributed by atoms with van der Waals surface area (Å²) >= 11 is 0. The second-order valence-corrected chi connectivity index (χ2v) is 7.32. The van der Waals surface area contributed by atoms with Crippen molar-refractivity contribution < 1.29 is 9.21 Å². The highest BCUT2D eigenvalue weighted by Crippen LogP contribution is 2.20. The molecule has 0 bridgehead atoms. The molecule has 4 heterocycles. The summed E-state index contributed by atoms with van der Waals surface area (Å²) in [5, 5.41) is 6.37. The molecule has 154 valence electrons. The van der Waals surface area contributed by atoms with Crippen LogP contribution in [0.4, 0.5) is 5.82 Å². The lowest BCUT2D eigenvalue weighted by molar-refractivity contribution is 0.0948. The topological polar surface area (TPSA) is 102 Å². The molecular formula is C22H23N5O3. The molecule has 2 N–H and O–H groups in total. The summed E-state index contributed by atoms with van der Waals surface area (Å²) in [6.07, 6.45) is 4.13. The van der Waals surface area contributed by atoms with Crippen LogP contribution in [-0.4, -0.2) is 26.3 Å². The summed E-state index contributed by atoms with van der Waals surface area (Å²) in [6, 6.07) is 8.87. The van der Waals surface area contributed by atoms with E-state index in [9.17, 15) is 9.59 Å². The van der Waals surface area contributed by atoms with Crippen molar-refractivity contribution in [2.24, 2.45) is 0 Å². The maximum absolute atomic E-state index is 13.1. The zero-order valence-corrected chi connectivity index (χ0v) is 17.1. The van der Waals surface area contributed by atoms with Crippen LogP contribution < -0.4 is 16.2 Å². The zero-order valence-electron chi connectivity index (χ0n) is 17.1. The first-order valence-corrected chi connectivity index (χ1v) is 9.87. The van der Waals surface area contributed by atoms with Gasteiger partial charge in [0.15, 0.2) is 5.65 Å². The summed E-state index contributed by atoms with van der Waals surface area (Å²) in [5.74, 6) is 0.689. The van der Waals surface area contributed by atoms with Crippen molar-refractivity contribution in [1.82, 2.24) is 19.7 Å². The molecule has 0 fully saturated rings. The van der Waals surface area contributed by atoms with Gasteiger partial charge in [-0.1, -0.05) is 13.0 Å². The maximum atomic E-state index is 13.1. The smallest absolute Gasteiger partial charge is 0.267 e. The molecule has 4 rings (SSSR count). The fourth-order valence-corrected chi connectivity index (χ4v) is 3.13. The van der Waals surface area contributed by atoms with Crippen molar-refractivity contribution in [2.75, 3.05) is 5.32 Å². The van der Waals surface area contributed by atoms with Crippen LogP contribution in [0.3, 0.4) is 0 Å². The van der Waals surface area contributed by atoms with Gasteiger partial charge in [0.1, 0.15) is 17.2 Å². The molecular weight excluding hydrogens is 382 g/mol. The number of fused-ring (bicyclic) bond motifs is 2. The quantitative estimate of drug-likeness (QED) is 0.478. The SMILES string of the molecule is CCC(C)Nc1nc2nc3ccc(C)cn3c(=O)c2cc1C(=O)NCc1ccco1. The molecule has 1 unspecified atom stereocenters. The fraction of sp³-hybridized carbons (Fsp3) is 0.273. The first-order chi connectivity index (χ1) is 14.5. The molecule has 8 heteroatoms. The van der Waals surface area contributed by atoms with Crippen molar-refractivity contribution >= 4 is 28.4 Å². The molecule has 0 aliphatic carbocycles. The first kappa shape index (κ1) is 19.6. The number of hydrogen-bond donors (Lipinski definition) is 2. The Morgan fingerprint density at radius 3 is 2.83 bits per heavy atom. The monoisotopic (exact) mass is 405 g/mol. The van der Waals surface area contributed by atoms with E-state index in [1.165, 1.54) is 4.40 Å². The number of anilines is 1. The number of amides is 1. The molecule has 8 nitrogen and oxygen atoms in total. The number of aryl methyl sites for hydroxylation is 1. The highest BCUT2D eigenvalue weighted by Gasteiger charge is 2.19. The van der Waals surface area contributed by atoms with Crippen LogP contribution in [0.5, 0.6) is 0 Å². The molecule has 0 radical (unpaired) electrons. The average molecular weight is 405 g/mol. The fourth-order valence-electron chi connectivity index (χ4n) is 3.13. The van der Waals surface area contributed by atoms with Gasteiger partial charge in [0, 0.05) is 12.2 Å². The predicted octanol–water partition coefficient (Wildman–Crippen LogP) is 3.28. The van der Waals surface area contributed by atoms with E-state index in [4.69, 9.17) is 4.42 Å². The Hall–Kier alpha value is -3.68. The lowest BCUT2D eigenvalue weighted by Crippen LogP contribution is -2.27. The molecule has 1 atom stereocenters. The van der Waals surface area contributed by atoms with Crippen LogP contribution in [0.25, 0.3) is 16.7 Å². The third kappa shape index (κ3) is 3.76. The summed E-state index contributed by atoms with van der Waals surface area (Å²) in [5.41, 5.74) is 1.78. The van der Waals surface area contributed by atoms with Crippen LogP contribution in [0, 0.1) is 6.92 Å². The van der Waals surface area contributed by atoms with Crippen molar-refractivity contribution in [3.8, 4) is 0 Å². The molecule has 0 aromatic carbocycles. The van der Waals surface area contributed by atoms with Crippen LogP contribution >= 0.6 is 0 Å². The molecule has 4 aromatic rings. The van der Waals surface area contributed by atoms with Gasteiger partial charge in [0.2, 0.25) is 0 Å². The van der Waals surface area contributed by atoms with Gasteiger partial charge in [0.05, 0.1) is 23.8 Å². The average Bonchev–Trinajstić information content (AvgIpc) is 3.26. The highest BCUT2D eigenvalue weighted by atomic mass is 16.3. The van der Waals surface area contributed by atoms with Gasteiger partial charge in [-0.15, -0.1) is 0 Å². The van der Waals surface area contributed by atoms with Gasteiger partial charge in [-0.2, -0.15) is 0 Å². The number of aromatic nitrogens is 3. The number of rotatable bonds is 6. The van der Waals surface area contributed by atoms with Crippen molar-refractivity contribution in [3.05, 3.63) is 70.0 Å². The molecule has 0 aliphatic rings. The van der Waals surface area contributed by atoms with Gasteiger partial charge in [-0.05, 0) is 50.1 Å². The maximum Gasteiger partial charge on any atom is 0.267 e. The molecule has 4 aromatic heterocycles. The van der Waals surface area contributed by atoms with E-state index >= 15 is 0 Å². The summed E-state index contributed by atoms with van der Waals surface area (Å²) in [7, 11) is 0. The summed E-state index contributed by atoms with van der Waals surface area (Å²) < 4.78 is 6.75. The second-order valence-electron chi connectivity index (χ2n) is 7.32. The Kier molecular flexibility index (Phi) is 5.22. The first-order valence-electron chi connectivity index (χ1n) is 9.87. The Bertz CT molecular complexity index is 1280. The van der Waals surface area contributed by atoms with Gasteiger partial charge < -0.3 is 15.1 Å². The third-order valence-electron chi connectivity index (χ3n) is 4.99. The Labute approximate surface area is 173 Å². The lowest BCUT2D eigenvalue weighted by Gasteiger charge is -2.16. The molecule has 30 heavy (non-hydrogen) atoms.